The summed E-state index contributed by atoms with van der Waals surface area (Å²) in [6.45, 7) is 8.12. The maximum Gasteiger partial charge on any atom is 1.00 e. The van der Waals surface area contributed by atoms with Gasteiger partial charge in [0.2, 0.25) is 0 Å². The topological polar surface area (TPSA) is 43.3 Å². The average Bonchev–Trinajstić information content (AvgIpc) is 1.89. The van der Waals surface area contributed by atoms with Crippen molar-refractivity contribution in [2.24, 2.45) is 11.8 Å². The summed E-state index contributed by atoms with van der Waals surface area (Å²) in [5, 5.41) is 17.8. The van der Waals surface area contributed by atoms with Gasteiger partial charge in [0.25, 0.3) is 0 Å². The Morgan fingerprint density at radius 2 is 1.27 bits per heavy atom. The molecule has 0 aromatic carbocycles. The molecule has 0 saturated heterocycles. The summed E-state index contributed by atoms with van der Waals surface area (Å²) in [5.41, 5.74) is 0. The summed E-state index contributed by atoms with van der Waals surface area (Å²) in [6, 6.07) is 0. The van der Waals surface area contributed by atoms with Crippen LogP contribution in [0.1, 0.15) is 27.7 Å². The molecule has 0 aromatic rings. The van der Waals surface area contributed by atoms with Gasteiger partial charge in [-0.3, -0.25) is 0 Å². The van der Waals surface area contributed by atoms with Crippen molar-refractivity contribution in [2.75, 3.05) is 13.2 Å². The molecule has 2 nitrogen and oxygen atoms in total. The third kappa shape index (κ3) is 34.2. The smallest absolute Gasteiger partial charge is 0.854 e. The summed E-state index contributed by atoms with van der Waals surface area (Å²) in [5.74, 6) is 0.769. The Balaban J connectivity index is -0.000000107. The Kier molecular flexibility index (Phi) is 23.5. The number of rotatable bonds is 2. The normalized spacial score (nSPS) is 8.73. The quantitative estimate of drug-likeness (QED) is 0.490. The number of aliphatic hydroxyl groups is 1. The van der Waals surface area contributed by atoms with E-state index in [0.29, 0.717) is 18.4 Å². The van der Waals surface area contributed by atoms with Gasteiger partial charge >= 0.3 is 51.4 Å². The predicted molar refractivity (Wildman–Crippen MR) is 41.6 cm³/mol. The fraction of sp³-hybridized carbons (Fsp3) is 1.00. The number of aliphatic hydroxyl groups excluding tert-OH is 1. The first-order valence-corrected chi connectivity index (χ1v) is 3.73. The Bertz CT molecular complexity index is 48.1. The van der Waals surface area contributed by atoms with E-state index >= 15 is 0 Å². The van der Waals surface area contributed by atoms with Crippen LogP contribution in [0, 0.1) is 11.8 Å². The first kappa shape index (κ1) is 18.4. The number of hydrogen-bond acceptors (Lipinski definition) is 2. The van der Waals surface area contributed by atoms with Gasteiger partial charge in [0.1, 0.15) is 0 Å². The van der Waals surface area contributed by atoms with E-state index in [2.05, 4.69) is 0 Å². The first-order chi connectivity index (χ1) is 4.54. The minimum atomic E-state index is 0. The maximum atomic E-state index is 9.63. The van der Waals surface area contributed by atoms with Crippen LogP contribution in [0.25, 0.3) is 0 Å². The molecule has 0 spiro atoms. The zero-order chi connectivity index (χ0) is 8.57. The minimum absolute atomic E-state index is 0. The largest absolute Gasteiger partial charge is 1.00 e. The van der Waals surface area contributed by atoms with Crippen LogP contribution >= 0.6 is 0 Å². The molecule has 11 heavy (non-hydrogen) atoms. The van der Waals surface area contributed by atoms with Crippen molar-refractivity contribution in [3.63, 3.8) is 0 Å². The van der Waals surface area contributed by atoms with Gasteiger partial charge < -0.3 is 10.2 Å². The van der Waals surface area contributed by atoms with Crippen molar-refractivity contribution < 1.29 is 61.6 Å². The van der Waals surface area contributed by atoms with E-state index in [4.69, 9.17) is 5.11 Å². The van der Waals surface area contributed by atoms with Crippen LogP contribution in [0.15, 0.2) is 0 Å². The van der Waals surface area contributed by atoms with Crippen LogP contribution < -0.4 is 56.5 Å². The fourth-order valence-corrected chi connectivity index (χ4v) is 0. The van der Waals surface area contributed by atoms with Crippen LogP contribution in [0.4, 0.5) is 0 Å². The summed E-state index contributed by atoms with van der Waals surface area (Å²) in [6.07, 6.45) is 0. The molecular weight excluding hydrogens is 167 g/mol. The van der Waals surface area contributed by atoms with Crippen molar-refractivity contribution in [1.29, 1.82) is 0 Å². The van der Waals surface area contributed by atoms with Crippen LogP contribution in [0.5, 0.6) is 0 Å². The average molecular weight is 186 g/mol. The van der Waals surface area contributed by atoms with E-state index in [9.17, 15) is 5.11 Å². The van der Waals surface area contributed by atoms with Crippen molar-refractivity contribution in [3.05, 3.63) is 0 Å². The summed E-state index contributed by atoms with van der Waals surface area (Å²) >= 11 is 0. The molecule has 0 fully saturated rings. The van der Waals surface area contributed by atoms with Gasteiger partial charge in [0.15, 0.2) is 0 Å². The molecule has 0 saturated carbocycles. The molecule has 0 aliphatic heterocycles. The third-order valence-electron chi connectivity index (χ3n) is 0.698. The molecule has 0 bridgehead atoms. The standard InChI is InChI=1S/C4H10O.C4H9O.K/c2*1-4(2)3-5;/h4-5H,3H2,1-2H3;4H,3H2,1-2H3;/q;-1;+1. The molecule has 0 heterocycles. The van der Waals surface area contributed by atoms with Gasteiger partial charge in [-0.2, -0.15) is 0 Å². The second kappa shape index (κ2) is 14.1. The molecule has 0 atom stereocenters. The molecular formula is C8H19KO2. The van der Waals surface area contributed by atoms with Crippen LogP contribution in [-0.4, -0.2) is 18.3 Å². The summed E-state index contributed by atoms with van der Waals surface area (Å²) in [7, 11) is 0. The van der Waals surface area contributed by atoms with Gasteiger partial charge in [0, 0.05) is 6.61 Å². The third-order valence-corrected chi connectivity index (χ3v) is 0.698. The molecule has 0 amide bonds. The summed E-state index contributed by atoms with van der Waals surface area (Å²) in [4.78, 5) is 0. The monoisotopic (exact) mass is 186 g/mol. The zero-order valence-corrected chi connectivity index (χ0v) is 11.5. The molecule has 64 valence electrons. The Hall–Kier alpha value is 1.56. The molecule has 0 aromatic heterocycles. The Labute approximate surface area is 113 Å². The summed E-state index contributed by atoms with van der Waals surface area (Å²) < 4.78 is 0. The van der Waals surface area contributed by atoms with E-state index < -0.39 is 0 Å². The van der Waals surface area contributed by atoms with Crippen molar-refractivity contribution in [2.45, 2.75) is 27.7 Å². The second-order valence-corrected chi connectivity index (χ2v) is 3.14. The molecule has 3 heteroatoms. The van der Waals surface area contributed by atoms with E-state index in [1.54, 1.807) is 0 Å². The fourth-order valence-electron chi connectivity index (χ4n) is 0. The van der Waals surface area contributed by atoms with E-state index in [1.165, 1.54) is 0 Å². The van der Waals surface area contributed by atoms with Crippen molar-refractivity contribution in [3.8, 4) is 0 Å². The molecule has 0 unspecified atom stereocenters. The first-order valence-electron chi connectivity index (χ1n) is 3.73. The van der Waals surface area contributed by atoms with E-state index in [0.717, 1.165) is 0 Å². The molecule has 0 aliphatic carbocycles. The van der Waals surface area contributed by atoms with Gasteiger partial charge in [-0.25, -0.2) is 0 Å². The minimum Gasteiger partial charge on any atom is -0.854 e. The molecule has 1 N–H and O–H groups in total. The van der Waals surface area contributed by atoms with Crippen LogP contribution in [-0.2, 0) is 0 Å². The van der Waals surface area contributed by atoms with Gasteiger partial charge in [0.05, 0.1) is 0 Å². The van der Waals surface area contributed by atoms with Crippen LogP contribution in [0.2, 0.25) is 0 Å². The van der Waals surface area contributed by atoms with Crippen molar-refractivity contribution in [1.82, 2.24) is 0 Å². The van der Waals surface area contributed by atoms with Gasteiger partial charge in [-0.1, -0.05) is 33.6 Å². The predicted octanol–water partition coefficient (Wildman–Crippen LogP) is -2.36. The van der Waals surface area contributed by atoms with Gasteiger partial charge in [-0.15, -0.1) is 6.61 Å². The zero-order valence-electron chi connectivity index (χ0n) is 8.42. The molecule has 0 radical (unpaired) electrons. The van der Waals surface area contributed by atoms with Crippen LogP contribution in [0.3, 0.4) is 0 Å². The molecule has 0 rings (SSSR count). The maximum absolute atomic E-state index is 9.63. The SMILES string of the molecule is CC(C)CO.CC(C)C[O-].[K+]. The van der Waals surface area contributed by atoms with E-state index in [1.807, 2.05) is 27.7 Å². The van der Waals surface area contributed by atoms with E-state index in [-0.39, 0.29) is 58.0 Å². The second-order valence-electron chi connectivity index (χ2n) is 3.14. The number of hydrogen-bond donors (Lipinski definition) is 1. The Morgan fingerprint density at radius 1 is 1.09 bits per heavy atom. The Morgan fingerprint density at radius 3 is 1.27 bits per heavy atom. The van der Waals surface area contributed by atoms with Crippen molar-refractivity contribution >= 4 is 0 Å². The van der Waals surface area contributed by atoms with Gasteiger partial charge in [-0.05, 0) is 5.92 Å². The molecule has 0 aliphatic rings.